The van der Waals surface area contributed by atoms with E-state index >= 15 is 0 Å². The Bertz CT molecular complexity index is 1160. The zero-order valence-corrected chi connectivity index (χ0v) is 23.7. The number of carbonyl (C=O) groups excluding carboxylic acids is 3. The highest BCUT2D eigenvalue weighted by molar-refractivity contribution is 5.93. The molecule has 6 N–H and O–H groups in total. The normalized spacial score (nSPS) is 25.5. The molecule has 3 amide bonds. The lowest BCUT2D eigenvalue weighted by Gasteiger charge is -2.29. The quantitative estimate of drug-likeness (QED) is 0.392. The van der Waals surface area contributed by atoms with Gasteiger partial charge in [0.1, 0.15) is 30.3 Å². The second-order valence-corrected chi connectivity index (χ2v) is 10.8. The van der Waals surface area contributed by atoms with Crippen molar-refractivity contribution in [1.82, 2.24) is 21.3 Å². The minimum Gasteiger partial charge on any atom is -0.492 e. The molecule has 0 radical (unpaired) electrons. The van der Waals surface area contributed by atoms with Gasteiger partial charge in [0.25, 0.3) is 0 Å². The monoisotopic (exact) mass is 555 g/mol. The topological polar surface area (TPSA) is 135 Å². The summed E-state index contributed by atoms with van der Waals surface area (Å²) in [6.45, 7) is 8.15. The van der Waals surface area contributed by atoms with Crippen LogP contribution in [0.1, 0.15) is 51.2 Å². The lowest BCUT2D eigenvalue weighted by Crippen LogP contribution is -2.60. The fourth-order valence-electron chi connectivity index (χ4n) is 4.72. The highest BCUT2D eigenvalue weighted by Crippen LogP contribution is 2.28. The van der Waals surface area contributed by atoms with Crippen LogP contribution in [0.2, 0.25) is 0 Å². The van der Waals surface area contributed by atoms with Crippen molar-refractivity contribution in [3.8, 4) is 5.75 Å². The molecule has 1 heterocycles. The number of carbonyl (C=O) groups is 3. The summed E-state index contributed by atoms with van der Waals surface area (Å²) in [5.74, 6) is -1.17. The third-order valence-corrected chi connectivity index (χ3v) is 7.06. The van der Waals surface area contributed by atoms with Gasteiger partial charge in [-0.3, -0.25) is 19.7 Å². The molecular weight excluding hydrogens is 513 g/mol. The maximum absolute atomic E-state index is 13.9. The number of hydrogen-bond acceptors (Lipinski definition) is 6. The second-order valence-electron chi connectivity index (χ2n) is 10.8. The third kappa shape index (κ3) is 8.76. The summed E-state index contributed by atoms with van der Waals surface area (Å²) >= 11 is 0. The smallest absolute Gasteiger partial charge is 0.243 e. The number of amides is 3. The van der Waals surface area contributed by atoms with Gasteiger partial charge in [0, 0.05) is 19.1 Å². The lowest BCUT2D eigenvalue weighted by atomic mass is 9.96. The molecule has 3 rings (SSSR count). The Morgan fingerprint density at radius 3 is 2.42 bits per heavy atom. The van der Waals surface area contributed by atoms with E-state index in [4.69, 9.17) is 10.5 Å². The summed E-state index contributed by atoms with van der Waals surface area (Å²) in [7, 11) is 0. The first-order valence-corrected chi connectivity index (χ1v) is 13.9. The number of nitrogens with one attached hydrogen (secondary N) is 4. The van der Waals surface area contributed by atoms with Gasteiger partial charge in [-0.25, -0.2) is 4.39 Å². The molecule has 0 aliphatic carbocycles. The fraction of sp³-hybridized carbons (Fsp3) is 0.500. The van der Waals surface area contributed by atoms with Crippen LogP contribution in [0.4, 0.5) is 4.39 Å². The lowest BCUT2D eigenvalue weighted by molar-refractivity contribution is -0.133. The average Bonchev–Trinajstić information content (AvgIpc) is 2.92. The summed E-state index contributed by atoms with van der Waals surface area (Å²) < 4.78 is 20.1. The molecule has 2 aromatic rings. The molecule has 0 bridgehead atoms. The van der Waals surface area contributed by atoms with Crippen molar-refractivity contribution < 1.29 is 23.5 Å². The number of rotatable bonds is 4. The Morgan fingerprint density at radius 2 is 1.73 bits per heavy atom. The minimum absolute atomic E-state index is 0.0846. The van der Waals surface area contributed by atoms with Gasteiger partial charge in [0.15, 0.2) is 0 Å². The molecule has 1 aliphatic heterocycles. The predicted molar refractivity (Wildman–Crippen MR) is 152 cm³/mol. The zero-order valence-electron chi connectivity index (χ0n) is 23.7. The van der Waals surface area contributed by atoms with Crippen LogP contribution in [0.3, 0.4) is 0 Å². The van der Waals surface area contributed by atoms with Crippen LogP contribution in [-0.4, -0.2) is 61.6 Å². The summed E-state index contributed by atoms with van der Waals surface area (Å²) in [5, 5.41) is 11.7. The Morgan fingerprint density at radius 1 is 0.975 bits per heavy atom. The Balaban J connectivity index is 1.92. The van der Waals surface area contributed by atoms with Crippen LogP contribution >= 0.6 is 0 Å². The molecule has 40 heavy (non-hydrogen) atoms. The Labute approximate surface area is 235 Å². The molecule has 5 atom stereocenters. The maximum atomic E-state index is 13.9. The minimum atomic E-state index is -0.948. The van der Waals surface area contributed by atoms with Crippen LogP contribution in [0.5, 0.6) is 5.75 Å². The molecule has 0 saturated heterocycles. The van der Waals surface area contributed by atoms with E-state index in [0.717, 1.165) is 11.3 Å². The van der Waals surface area contributed by atoms with Gasteiger partial charge in [0.2, 0.25) is 17.7 Å². The number of benzene rings is 2. The van der Waals surface area contributed by atoms with Gasteiger partial charge in [-0.1, -0.05) is 51.1 Å². The highest BCUT2D eigenvalue weighted by Gasteiger charge is 2.31. The molecule has 9 nitrogen and oxygen atoms in total. The number of para-hydroxylation sites is 1. The number of nitrogens with two attached hydrogens (primary N) is 1. The largest absolute Gasteiger partial charge is 0.492 e. The molecule has 1 unspecified atom stereocenters. The number of ether oxygens (including phenoxy) is 1. The van der Waals surface area contributed by atoms with E-state index in [1.54, 1.807) is 26.0 Å². The van der Waals surface area contributed by atoms with E-state index in [9.17, 15) is 18.8 Å². The second kappa shape index (κ2) is 14.8. The summed E-state index contributed by atoms with van der Waals surface area (Å²) in [4.78, 5) is 39.6. The molecule has 0 spiro atoms. The molecular formula is C30H42FN5O4. The standard InChI is InChI=1S/C30H42FN5O4/c1-18(2)27-30(39)35-25(16-32)28(37)33-13-12-19(3)23-10-5-6-11-26(23)40-17-20(4)34-24(29(38)36-27)15-21-8-7-9-22(31)14-21/h5-11,14,18-20,24-25,27,34H,12-13,15-17,32H2,1-4H3,(H,33,37)(H,35,39)(H,36,38)/t19?,20-,24+,25-,27+/m0/s1. The van der Waals surface area contributed by atoms with Gasteiger partial charge >= 0.3 is 0 Å². The Hall–Kier alpha value is -3.50. The van der Waals surface area contributed by atoms with Crippen LogP contribution in [0.25, 0.3) is 0 Å². The highest BCUT2D eigenvalue weighted by atomic mass is 19.1. The maximum Gasteiger partial charge on any atom is 0.243 e. The van der Waals surface area contributed by atoms with Crippen molar-refractivity contribution in [3.63, 3.8) is 0 Å². The Kier molecular flexibility index (Phi) is 11.5. The van der Waals surface area contributed by atoms with E-state index in [0.29, 0.717) is 18.5 Å². The molecule has 1 aliphatic rings. The van der Waals surface area contributed by atoms with E-state index in [1.807, 2.05) is 31.2 Å². The summed E-state index contributed by atoms with van der Waals surface area (Å²) in [6.07, 6.45) is 0.855. The fourth-order valence-corrected chi connectivity index (χ4v) is 4.72. The van der Waals surface area contributed by atoms with Crippen LogP contribution in [0.15, 0.2) is 48.5 Å². The average molecular weight is 556 g/mol. The molecule has 10 heteroatoms. The first-order chi connectivity index (χ1) is 19.1. The van der Waals surface area contributed by atoms with Gasteiger partial charge in [-0.05, 0) is 60.9 Å². The van der Waals surface area contributed by atoms with E-state index < -0.39 is 35.8 Å². The third-order valence-electron chi connectivity index (χ3n) is 7.06. The number of halogens is 1. The van der Waals surface area contributed by atoms with Gasteiger partial charge in [-0.2, -0.15) is 0 Å². The van der Waals surface area contributed by atoms with Crippen molar-refractivity contribution in [2.24, 2.45) is 11.7 Å². The van der Waals surface area contributed by atoms with Gasteiger partial charge < -0.3 is 26.4 Å². The first kappa shape index (κ1) is 31.0. The summed E-state index contributed by atoms with van der Waals surface area (Å²) in [5.41, 5.74) is 7.46. The van der Waals surface area contributed by atoms with Gasteiger partial charge in [0.05, 0.1) is 6.04 Å². The molecule has 0 saturated carbocycles. The van der Waals surface area contributed by atoms with Crippen molar-refractivity contribution in [2.45, 2.75) is 70.6 Å². The van der Waals surface area contributed by atoms with E-state index in [-0.39, 0.29) is 43.4 Å². The molecule has 0 fully saturated rings. The number of fused-ring (bicyclic) bond motifs is 1. The summed E-state index contributed by atoms with van der Waals surface area (Å²) in [6, 6.07) is 10.9. The molecule has 218 valence electrons. The SMILES string of the molecule is CC1CCNC(=O)[C@H](CN)NC(=O)[C@@H](C(C)C)NC(=O)[C@@H](Cc2cccc(F)c2)N[C@@H](C)COc2ccccc21. The van der Waals surface area contributed by atoms with Crippen molar-refractivity contribution >= 4 is 17.7 Å². The van der Waals surface area contributed by atoms with Crippen LogP contribution in [0, 0.1) is 11.7 Å². The molecule has 0 aromatic heterocycles. The molecule has 2 aromatic carbocycles. The number of hydrogen-bond donors (Lipinski definition) is 5. The first-order valence-electron chi connectivity index (χ1n) is 13.9. The van der Waals surface area contributed by atoms with Gasteiger partial charge in [-0.15, -0.1) is 0 Å². The van der Waals surface area contributed by atoms with Crippen molar-refractivity contribution in [2.75, 3.05) is 19.7 Å². The van der Waals surface area contributed by atoms with E-state index in [2.05, 4.69) is 28.2 Å². The van der Waals surface area contributed by atoms with Crippen LogP contribution < -0.4 is 31.7 Å². The van der Waals surface area contributed by atoms with Crippen molar-refractivity contribution in [1.29, 1.82) is 0 Å². The van der Waals surface area contributed by atoms with Crippen LogP contribution in [-0.2, 0) is 20.8 Å². The zero-order chi connectivity index (χ0) is 29.2. The predicted octanol–water partition coefficient (Wildman–Crippen LogP) is 2.00. The van der Waals surface area contributed by atoms with Crippen molar-refractivity contribution in [3.05, 3.63) is 65.5 Å². The van der Waals surface area contributed by atoms with E-state index in [1.165, 1.54) is 12.1 Å².